The summed E-state index contributed by atoms with van der Waals surface area (Å²) < 4.78 is 2.01. The molecule has 0 aliphatic rings. The second-order valence-corrected chi connectivity index (χ2v) is 3.61. The van der Waals surface area contributed by atoms with Crippen LogP contribution in [0.2, 0.25) is 0 Å². The molecule has 1 N–H and O–H groups in total. The van der Waals surface area contributed by atoms with Crippen molar-refractivity contribution in [1.29, 1.82) is 0 Å². The molecule has 12 heavy (non-hydrogen) atoms. The largest absolute Gasteiger partial charge is 0.364 e. The molecule has 0 amide bonds. The van der Waals surface area contributed by atoms with Crippen molar-refractivity contribution < 1.29 is 0 Å². The fourth-order valence-corrected chi connectivity index (χ4v) is 1.72. The summed E-state index contributed by atoms with van der Waals surface area (Å²) in [5.41, 5.74) is 1.19. The third kappa shape index (κ3) is 1.92. The molecule has 66 valence electrons. The molecule has 0 saturated carbocycles. The van der Waals surface area contributed by atoms with Gasteiger partial charge in [-0.1, -0.05) is 0 Å². The average Bonchev–Trinajstić information content (AvgIpc) is 2.36. The topological polar surface area (TPSA) is 29.3 Å². The Labute approximate surface area is 80.8 Å². The predicted octanol–water partition coefficient (Wildman–Crippen LogP) is 0.800. The van der Waals surface area contributed by atoms with Gasteiger partial charge in [0.25, 0.3) is 0 Å². The van der Waals surface area contributed by atoms with Crippen molar-refractivity contribution in [3.05, 3.63) is 15.9 Å². The quantitative estimate of drug-likeness (QED) is 0.629. The molecule has 1 aromatic rings. The predicted molar refractivity (Wildman–Crippen MR) is 55.2 cm³/mol. The summed E-state index contributed by atoms with van der Waals surface area (Å²) in [7, 11) is 3.75. The van der Waals surface area contributed by atoms with Gasteiger partial charge in [-0.15, -0.1) is 11.3 Å². The molecule has 0 bridgehead atoms. The SMILES string of the molecule is CNC(=S)/N=c1\scc(C)n1C. The molecule has 0 atom stereocenters. The minimum absolute atomic E-state index is 0.521. The van der Waals surface area contributed by atoms with Crippen LogP contribution in [-0.4, -0.2) is 16.7 Å². The van der Waals surface area contributed by atoms with Gasteiger partial charge in [0, 0.05) is 25.2 Å². The molecule has 0 radical (unpaired) electrons. The third-order valence-electron chi connectivity index (χ3n) is 1.56. The zero-order valence-corrected chi connectivity index (χ0v) is 8.92. The van der Waals surface area contributed by atoms with Gasteiger partial charge in [0.15, 0.2) is 9.91 Å². The Balaban J connectivity index is 3.10. The van der Waals surface area contributed by atoms with Crippen LogP contribution in [0.3, 0.4) is 0 Å². The fraction of sp³-hybridized carbons (Fsp3) is 0.429. The van der Waals surface area contributed by atoms with Gasteiger partial charge >= 0.3 is 0 Å². The number of rotatable bonds is 0. The molecule has 1 rings (SSSR count). The van der Waals surface area contributed by atoms with Crippen LogP contribution in [-0.2, 0) is 7.05 Å². The smallest absolute Gasteiger partial charge is 0.195 e. The van der Waals surface area contributed by atoms with E-state index in [2.05, 4.69) is 15.7 Å². The summed E-state index contributed by atoms with van der Waals surface area (Å²) in [6.45, 7) is 2.04. The number of nitrogens with one attached hydrogen (secondary N) is 1. The van der Waals surface area contributed by atoms with E-state index in [1.807, 2.05) is 18.5 Å². The van der Waals surface area contributed by atoms with E-state index in [1.165, 1.54) is 5.69 Å². The van der Waals surface area contributed by atoms with Crippen LogP contribution in [0, 0.1) is 6.92 Å². The first-order chi connectivity index (χ1) is 5.65. The van der Waals surface area contributed by atoms with Crippen molar-refractivity contribution in [2.75, 3.05) is 7.05 Å². The van der Waals surface area contributed by atoms with Crippen LogP contribution in [0.15, 0.2) is 10.4 Å². The van der Waals surface area contributed by atoms with E-state index < -0.39 is 0 Å². The lowest BCUT2D eigenvalue weighted by Crippen LogP contribution is -2.20. The molecule has 0 spiro atoms. The van der Waals surface area contributed by atoms with E-state index in [-0.39, 0.29) is 0 Å². The minimum Gasteiger partial charge on any atom is -0.364 e. The molecule has 1 aromatic heterocycles. The van der Waals surface area contributed by atoms with Crippen molar-refractivity contribution in [2.45, 2.75) is 6.92 Å². The number of hydrogen-bond donors (Lipinski definition) is 1. The van der Waals surface area contributed by atoms with Gasteiger partial charge in [0.05, 0.1) is 0 Å². The molecule has 0 aromatic carbocycles. The molecule has 3 nitrogen and oxygen atoms in total. The zero-order chi connectivity index (χ0) is 9.14. The maximum absolute atomic E-state index is 4.92. The van der Waals surface area contributed by atoms with Crippen molar-refractivity contribution in [1.82, 2.24) is 9.88 Å². The molecule has 0 fully saturated rings. The fourth-order valence-electron chi connectivity index (χ4n) is 0.691. The average molecular weight is 201 g/mol. The monoisotopic (exact) mass is 201 g/mol. The molecule has 5 heteroatoms. The van der Waals surface area contributed by atoms with Gasteiger partial charge in [0.1, 0.15) is 0 Å². The highest BCUT2D eigenvalue weighted by atomic mass is 32.1. The molecule has 0 unspecified atom stereocenters. The lowest BCUT2D eigenvalue weighted by atomic mass is 10.6. The first kappa shape index (κ1) is 9.41. The summed E-state index contributed by atoms with van der Waals surface area (Å²) in [5.74, 6) is 0. The second kappa shape index (κ2) is 3.82. The lowest BCUT2D eigenvalue weighted by molar-refractivity contribution is 0.836. The Kier molecular flexibility index (Phi) is 2.99. The van der Waals surface area contributed by atoms with Crippen LogP contribution in [0.1, 0.15) is 5.69 Å². The first-order valence-corrected chi connectivity index (χ1v) is 4.81. The summed E-state index contributed by atoms with van der Waals surface area (Å²) >= 11 is 6.51. The van der Waals surface area contributed by atoms with Gasteiger partial charge in [-0.3, -0.25) is 0 Å². The number of hydrogen-bond acceptors (Lipinski definition) is 2. The Hall–Kier alpha value is -0.680. The van der Waals surface area contributed by atoms with E-state index in [9.17, 15) is 0 Å². The molecule has 1 heterocycles. The minimum atomic E-state index is 0.521. The van der Waals surface area contributed by atoms with Crippen LogP contribution in [0.4, 0.5) is 0 Å². The highest BCUT2D eigenvalue weighted by Crippen LogP contribution is 1.96. The number of aromatic nitrogens is 1. The first-order valence-electron chi connectivity index (χ1n) is 3.52. The van der Waals surface area contributed by atoms with E-state index in [1.54, 1.807) is 18.4 Å². The molecule has 0 saturated heterocycles. The van der Waals surface area contributed by atoms with E-state index in [4.69, 9.17) is 12.2 Å². The summed E-state index contributed by atoms with van der Waals surface area (Å²) in [4.78, 5) is 5.12. The number of aryl methyl sites for hydroxylation is 1. The van der Waals surface area contributed by atoms with Gasteiger partial charge in [-0.05, 0) is 19.1 Å². The maximum Gasteiger partial charge on any atom is 0.195 e. The summed E-state index contributed by atoms with van der Waals surface area (Å²) in [5, 5.41) is 5.38. The third-order valence-corrected chi connectivity index (χ3v) is 2.89. The standard InChI is InChI=1S/C7H11N3S2/c1-5-4-12-7(10(5)3)9-6(11)8-2/h4H,1-3H3,(H,8,11)/b9-7-. The van der Waals surface area contributed by atoms with Crippen molar-refractivity contribution in [2.24, 2.45) is 12.0 Å². The highest BCUT2D eigenvalue weighted by Gasteiger charge is 1.95. The molecule has 0 aliphatic carbocycles. The van der Waals surface area contributed by atoms with Gasteiger partial charge in [-0.25, -0.2) is 0 Å². The second-order valence-electron chi connectivity index (χ2n) is 2.39. The van der Waals surface area contributed by atoms with Crippen LogP contribution >= 0.6 is 23.6 Å². The Morgan fingerprint density at radius 3 is 2.83 bits per heavy atom. The summed E-state index contributed by atoms with van der Waals surface area (Å²) in [6.07, 6.45) is 0. The van der Waals surface area contributed by atoms with Crippen molar-refractivity contribution in [3.8, 4) is 0 Å². The van der Waals surface area contributed by atoms with Gasteiger partial charge < -0.3 is 9.88 Å². The number of thiazole rings is 1. The highest BCUT2D eigenvalue weighted by molar-refractivity contribution is 7.80. The van der Waals surface area contributed by atoms with E-state index in [0.29, 0.717) is 5.11 Å². The van der Waals surface area contributed by atoms with Gasteiger partial charge in [0.2, 0.25) is 0 Å². The van der Waals surface area contributed by atoms with Crippen LogP contribution < -0.4 is 10.1 Å². The molecule has 0 aliphatic heterocycles. The normalized spacial score (nSPS) is 11.8. The maximum atomic E-state index is 4.92. The Bertz CT molecular complexity index is 348. The summed E-state index contributed by atoms with van der Waals surface area (Å²) in [6, 6.07) is 0. The van der Waals surface area contributed by atoms with Crippen molar-refractivity contribution >= 4 is 28.7 Å². The lowest BCUT2D eigenvalue weighted by Gasteiger charge is -1.95. The zero-order valence-electron chi connectivity index (χ0n) is 7.29. The van der Waals surface area contributed by atoms with Gasteiger partial charge in [-0.2, -0.15) is 4.99 Å². The number of nitrogens with zero attached hydrogens (tertiary/aromatic N) is 2. The number of thiocarbonyl (C=S) groups is 1. The Morgan fingerprint density at radius 1 is 1.75 bits per heavy atom. The van der Waals surface area contributed by atoms with Crippen LogP contribution in [0.5, 0.6) is 0 Å². The van der Waals surface area contributed by atoms with E-state index >= 15 is 0 Å². The molecular formula is C7H11N3S2. The van der Waals surface area contributed by atoms with Crippen molar-refractivity contribution in [3.63, 3.8) is 0 Å². The Morgan fingerprint density at radius 2 is 2.42 bits per heavy atom. The van der Waals surface area contributed by atoms with Crippen LogP contribution in [0.25, 0.3) is 0 Å². The molecular weight excluding hydrogens is 190 g/mol. The van der Waals surface area contributed by atoms with E-state index in [0.717, 1.165) is 4.80 Å².